The fourth-order valence-electron chi connectivity index (χ4n) is 4.11. The van der Waals surface area contributed by atoms with Crippen molar-refractivity contribution in [3.05, 3.63) is 110 Å². The van der Waals surface area contributed by atoms with Crippen LogP contribution in [0.15, 0.2) is 95.0 Å². The summed E-state index contributed by atoms with van der Waals surface area (Å²) in [5, 5.41) is 6.89. The van der Waals surface area contributed by atoms with E-state index in [9.17, 15) is 68.3 Å². The van der Waals surface area contributed by atoms with Crippen molar-refractivity contribution < 1.29 is 118 Å². The van der Waals surface area contributed by atoms with Crippen LogP contribution in [0.5, 0.6) is 0 Å². The van der Waals surface area contributed by atoms with E-state index < -0.39 is 72.5 Å². The minimum absolute atomic E-state index is 0. The van der Waals surface area contributed by atoms with Crippen LogP contribution in [0.4, 0.5) is 39.5 Å². The van der Waals surface area contributed by atoms with Gasteiger partial charge in [0.05, 0.1) is 44.9 Å². The molecule has 0 saturated heterocycles. The van der Waals surface area contributed by atoms with Gasteiger partial charge in [0.1, 0.15) is 0 Å². The molecule has 0 N–H and O–H groups in total. The van der Waals surface area contributed by atoms with Crippen LogP contribution in [0.1, 0.15) is 48.3 Å². The number of alkyl halides is 9. The molecule has 0 radical (unpaired) electrons. The molecule has 0 unspecified atom stereocenters. The van der Waals surface area contributed by atoms with Gasteiger partial charge >= 0.3 is 67.9 Å². The van der Waals surface area contributed by atoms with Gasteiger partial charge in [-0.25, -0.2) is 0 Å². The zero-order chi connectivity index (χ0) is 45.2. The van der Waals surface area contributed by atoms with E-state index in [2.05, 4.69) is 79.8 Å². The van der Waals surface area contributed by atoms with Gasteiger partial charge in [-0.15, -0.1) is 34.0 Å². The maximum atomic E-state index is 11.8. The van der Waals surface area contributed by atoms with Gasteiger partial charge < -0.3 is 0 Å². The summed E-state index contributed by atoms with van der Waals surface area (Å²) in [7, 11) is 0. The Kier molecular flexibility index (Phi) is 22.0. The fourth-order valence-corrected chi connectivity index (χ4v) is 8.78. The minimum Gasteiger partial charge on any atom is -0.293 e. The van der Waals surface area contributed by atoms with Crippen LogP contribution in [-0.4, -0.2) is 63.2 Å². The Morgan fingerprint density at radius 3 is 1.15 bits per heavy atom. The predicted octanol–water partition coefficient (Wildman–Crippen LogP) is 13.2. The molecule has 0 fully saturated rings. The first-order valence-electron chi connectivity index (χ1n) is 15.7. The SMILES string of the molecule is Brc1cc2cccnc2c2ncccc12.O=C(CC(=O)C(F)(F)F)c1cc(Br)cs1.O=C(CC(=O)C(F)(F)F)c1cc(Br)cs1.O=C(CC(=O)C(F)(F)F)c1cc(Br)cs1.[Eu+3]. The van der Waals surface area contributed by atoms with Crippen molar-refractivity contribution >= 4 is 154 Å². The van der Waals surface area contributed by atoms with Gasteiger partial charge in [0.15, 0.2) is 17.3 Å². The number of fused-ring (bicyclic) bond motifs is 3. The summed E-state index contributed by atoms with van der Waals surface area (Å²) in [5.74, 6) is -8.49. The van der Waals surface area contributed by atoms with Crippen molar-refractivity contribution in [2.75, 3.05) is 0 Å². The Labute approximate surface area is 424 Å². The van der Waals surface area contributed by atoms with E-state index in [4.69, 9.17) is 0 Å². The molecule has 0 atom stereocenters. The first kappa shape index (κ1) is 55.2. The molecule has 6 aromatic rings. The molecule has 25 heteroatoms. The van der Waals surface area contributed by atoms with Gasteiger partial charge in [-0.2, -0.15) is 39.5 Å². The van der Waals surface area contributed by atoms with Gasteiger partial charge in [0.25, 0.3) is 0 Å². The van der Waals surface area contributed by atoms with Gasteiger partial charge in [0, 0.05) is 57.2 Å². The van der Waals surface area contributed by atoms with Gasteiger partial charge in [-0.1, -0.05) is 28.1 Å². The van der Waals surface area contributed by atoms with Crippen molar-refractivity contribution in [3.63, 3.8) is 0 Å². The standard InChI is InChI=1S/C12H7BrN2.3C8H4BrF3O2S.Eu/c13-10-7-8-3-1-5-14-11(8)12-9(10)4-2-6-15-12;3*9-4-1-6(15-3-4)5(13)2-7(14)8(10,11)12;/h1-7H;3*1,3H,2H2;/q;;;;+3. The number of nitrogens with zero attached hydrogens (tertiary/aromatic N) is 2. The van der Waals surface area contributed by atoms with Gasteiger partial charge in [-0.05, 0) is 84.2 Å². The summed E-state index contributed by atoms with van der Waals surface area (Å²) >= 11 is 15.7. The van der Waals surface area contributed by atoms with Crippen LogP contribution in [-0.2, 0) is 14.4 Å². The molecule has 0 spiro atoms. The molecule has 8 nitrogen and oxygen atoms in total. The average molecular weight is 1310 g/mol. The van der Waals surface area contributed by atoms with Crippen LogP contribution in [0.2, 0.25) is 0 Å². The van der Waals surface area contributed by atoms with Crippen LogP contribution < -0.4 is 0 Å². The number of pyridine rings is 2. The molecule has 61 heavy (non-hydrogen) atoms. The monoisotopic (exact) mass is 1310 g/mol. The topological polar surface area (TPSA) is 128 Å². The third-order valence-electron chi connectivity index (χ3n) is 6.85. The normalized spacial score (nSPS) is 11.2. The number of thiophene rings is 3. The van der Waals surface area contributed by atoms with E-state index in [-0.39, 0.29) is 64.0 Å². The number of rotatable bonds is 9. The number of carbonyl (C=O) groups is 6. The number of carbonyl (C=O) groups excluding carboxylic acids is 6. The number of ketones is 6. The summed E-state index contributed by atoms with van der Waals surface area (Å²) in [6, 6.07) is 14.2. The first-order valence-corrected chi connectivity index (χ1v) is 21.5. The third kappa shape index (κ3) is 17.9. The smallest absolute Gasteiger partial charge is 0.293 e. The number of halogens is 13. The molecule has 6 rings (SSSR count). The van der Waals surface area contributed by atoms with Gasteiger partial charge in [0.2, 0.25) is 17.3 Å². The number of aromatic nitrogens is 2. The molecular weight excluding hydrogens is 1300 g/mol. The van der Waals surface area contributed by atoms with Crippen LogP contribution in [0, 0.1) is 49.4 Å². The maximum Gasteiger partial charge on any atom is 3.00 e. The summed E-state index contributed by atoms with van der Waals surface area (Å²) in [5.41, 5.74) is 1.90. The van der Waals surface area contributed by atoms with Gasteiger partial charge in [-0.3, -0.25) is 38.7 Å². The Morgan fingerprint density at radius 2 is 0.836 bits per heavy atom. The summed E-state index contributed by atoms with van der Waals surface area (Å²) in [6.45, 7) is 0. The molecule has 5 heterocycles. The summed E-state index contributed by atoms with van der Waals surface area (Å²) in [6.07, 6.45) is -14.6. The number of benzene rings is 1. The zero-order valence-electron chi connectivity index (χ0n) is 29.5. The second kappa shape index (κ2) is 24.4. The predicted molar refractivity (Wildman–Crippen MR) is 221 cm³/mol. The van der Waals surface area contributed by atoms with Crippen molar-refractivity contribution in [1.29, 1.82) is 0 Å². The van der Waals surface area contributed by atoms with Crippen molar-refractivity contribution in [2.45, 2.75) is 37.8 Å². The Bertz CT molecular complexity index is 2360. The van der Waals surface area contributed by atoms with Crippen LogP contribution in [0.3, 0.4) is 0 Å². The molecular formula is C36H19Br4EuF9N2O6S3+3. The van der Waals surface area contributed by atoms with Crippen molar-refractivity contribution in [3.8, 4) is 0 Å². The van der Waals surface area contributed by atoms with Crippen molar-refractivity contribution in [2.24, 2.45) is 0 Å². The number of hydrogen-bond acceptors (Lipinski definition) is 11. The van der Waals surface area contributed by atoms with E-state index in [0.717, 1.165) is 60.3 Å². The van der Waals surface area contributed by atoms with Crippen LogP contribution >= 0.6 is 97.7 Å². The minimum atomic E-state index is -4.94. The molecule has 0 saturated carbocycles. The molecule has 0 aliphatic heterocycles. The van der Waals surface area contributed by atoms with E-state index >= 15 is 0 Å². The first-order chi connectivity index (χ1) is 27.8. The quantitative estimate of drug-likeness (QED) is 0.0606. The number of hydrogen-bond donors (Lipinski definition) is 0. The van der Waals surface area contributed by atoms with Crippen molar-refractivity contribution in [1.82, 2.24) is 9.97 Å². The van der Waals surface area contributed by atoms with E-state index in [1.165, 1.54) is 18.2 Å². The second-order valence-corrected chi connectivity index (χ2v) is 17.6. The largest absolute Gasteiger partial charge is 3.00 e. The molecule has 0 aliphatic rings. The van der Waals surface area contributed by atoms with Crippen LogP contribution in [0.25, 0.3) is 21.8 Å². The molecule has 322 valence electrons. The Morgan fingerprint density at radius 1 is 0.508 bits per heavy atom. The Balaban J connectivity index is 0.000000279. The molecule has 5 aromatic heterocycles. The summed E-state index contributed by atoms with van der Waals surface area (Å²) < 4.78 is 109. The Hall–Kier alpha value is -1.97. The van der Waals surface area contributed by atoms with E-state index in [1.807, 2.05) is 24.3 Å². The average Bonchev–Trinajstić information content (AvgIpc) is 3.92. The molecule has 0 aliphatic carbocycles. The van der Waals surface area contributed by atoms with E-state index in [0.29, 0.717) is 13.4 Å². The van der Waals surface area contributed by atoms with E-state index in [1.54, 1.807) is 28.5 Å². The molecule has 1 aromatic carbocycles. The molecule has 0 amide bonds. The fraction of sp³-hybridized carbons (Fsp3) is 0.167. The zero-order valence-corrected chi connectivity index (χ0v) is 40.7. The summed E-state index contributed by atoms with van der Waals surface area (Å²) in [4.78, 5) is 74.2. The third-order valence-corrected chi connectivity index (χ3v) is 12.7. The molecule has 0 bridgehead atoms. The number of Topliss-reactive ketones (excluding diaryl/α,β-unsaturated/α-hetero) is 6. The maximum absolute atomic E-state index is 11.8. The second-order valence-electron chi connectivity index (χ2n) is 11.3.